The molecule has 0 saturated carbocycles. The molecule has 0 aliphatic heterocycles. The summed E-state index contributed by atoms with van der Waals surface area (Å²) < 4.78 is 26.7. The first kappa shape index (κ1) is 14.0. The topological polar surface area (TPSA) is 72.2 Å². The van der Waals surface area contributed by atoms with E-state index in [0.29, 0.717) is 11.6 Å². The van der Waals surface area contributed by atoms with E-state index >= 15 is 0 Å². The van der Waals surface area contributed by atoms with Crippen LogP contribution in [0.25, 0.3) is 0 Å². The van der Waals surface area contributed by atoms with Gasteiger partial charge in [-0.15, -0.1) is 0 Å². The summed E-state index contributed by atoms with van der Waals surface area (Å²) in [6.45, 7) is 5.99. The Morgan fingerprint density at radius 2 is 1.94 bits per heavy atom. The molecule has 1 unspecified atom stereocenters. The third-order valence-electron chi connectivity index (χ3n) is 2.35. The molecule has 4 nitrogen and oxygen atoms in total. The maximum absolute atomic E-state index is 12.0. The predicted molar refractivity (Wildman–Crippen MR) is 70.1 cm³/mol. The second-order valence-corrected chi connectivity index (χ2v) is 6.44. The number of sulfonamides is 1. The highest BCUT2D eigenvalue weighted by Crippen LogP contribution is 2.14. The van der Waals surface area contributed by atoms with E-state index in [-0.39, 0.29) is 10.9 Å². The number of hydrogen-bond donors (Lipinski definition) is 2. The van der Waals surface area contributed by atoms with E-state index < -0.39 is 10.0 Å². The fraction of sp³-hybridized carbons (Fsp3) is 0.500. The lowest BCUT2D eigenvalue weighted by Gasteiger charge is -2.16. The van der Waals surface area contributed by atoms with Gasteiger partial charge >= 0.3 is 0 Å². The summed E-state index contributed by atoms with van der Waals surface area (Å²) in [6.07, 6.45) is 0.807. The highest BCUT2D eigenvalue weighted by molar-refractivity contribution is 7.89. The van der Waals surface area contributed by atoms with Crippen molar-refractivity contribution in [3.63, 3.8) is 0 Å². The van der Waals surface area contributed by atoms with Crippen LogP contribution in [0.4, 0.5) is 5.69 Å². The minimum absolute atomic E-state index is 0.0820. The summed E-state index contributed by atoms with van der Waals surface area (Å²) in [7, 11) is -3.46. The van der Waals surface area contributed by atoms with Gasteiger partial charge in [-0.25, -0.2) is 13.1 Å². The van der Waals surface area contributed by atoms with Gasteiger partial charge in [0, 0.05) is 11.7 Å². The van der Waals surface area contributed by atoms with Crippen LogP contribution in [0.15, 0.2) is 29.2 Å². The van der Waals surface area contributed by atoms with Crippen molar-refractivity contribution in [3.8, 4) is 0 Å². The zero-order valence-corrected chi connectivity index (χ0v) is 11.3. The summed E-state index contributed by atoms with van der Waals surface area (Å²) >= 11 is 0. The molecule has 0 heterocycles. The molecule has 0 aliphatic rings. The first-order valence-corrected chi connectivity index (χ1v) is 7.17. The monoisotopic (exact) mass is 256 g/mol. The van der Waals surface area contributed by atoms with Crippen LogP contribution in [0, 0.1) is 5.92 Å². The van der Waals surface area contributed by atoms with E-state index in [9.17, 15) is 8.42 Å². The van der Waals surface area contributed by atoms with Crippen LogP contribution >= 0.6 is 0 Å². The van der Waals surface area contributed by atoms with Crippen LogP contribution in [-0.4, -0.2) is 14.5 Å². The van der Waals surface area contributed by atoms with Gasteiger partial charge in [-0.3, -0.25) is 0 Å². The number of hydrogen-bond acceptors (Lipinski definition) is 3. The van der Waals surface area contributed by atoms with E-state index in [0.717, 1.165) is 6.42 Å². The summed E-state index contributed by atoms with van der Waals surface area (Å²) in [6, 6.07) is 6.22. The van der Waals surface area contributed by atoms with E-state index in [2.05, 4.69) is 18.6 Å². The van der Waals surface area contributed by atoms with Crippen molar-refractivity contribution in [1.29, 1.82) is 0 Å². The van der Waals surface area contributed by atoms with E-state index in [4.69, 9.17) is 5.73 Å². The van der Waals surface area contributed by atoms with Crippen LogP contribution in [0.5, 0.6) is 0 Å². The standard InChI is InChI=1S/C12H20N2O2S/c1-9(2)7-10(3)14-17(15,16)12-6-4-5-11(13)8-12/h4-6,8-10,14H,7,13H2,1-3H3. The largest absolute Gasteiger partial charge is 0.399 e. The zero-order valence-electron chi connectivity index (χ0n) is 10.5. The molecule has 1 rings (SSSR count). The van der Waals surface area contributed by atoms with E-state index in [1.807, 2.05) is 6.92 Å². The number of nitrogen functional groups attached to an aromatic ring is 1. The Morgan fingerprint density at radius 3 is 2.47 bits per heavy atom. The molecule has 0 bridgehead atoms. The van der Waals surface area contributed by atoms with Crippen molar-refractivity contribution >= 4 is 15.7 Å². The molecule has 0 aromatic heterocycles. The lowest BCUT2D eigenvalue weighted by Crippen LogP contribution is -2.33. The van der Waals surface area contributed by atoms with Crippen LogP contribution in [0.3, 0.4) is 0 Å². The van der Waals surface area contributed by atoms with Gasteiger partial charge in [-0.1, -0.05) is 19.9 Å². The fourth-order valence-electron chi connectivity index (χ4n) is 1.77. The Hall–Kier alpha value is -1.07. The van der Waals surface area contributed by atoms with Crippen LogP contribution in [-0.2, 0) is 10.0 Å². The minimum Gasteiger partial charge on any atom is -0.399 e. The van der Waals surface area contributed by atoms with Crippen molar-refractivity contribution in [3.05, 3.63) is 24.3 Å². The average Bonchev–Trinajstić information content (AvgIpc) is 2.15. The van der Waals surface area contributed by atoms with E-state index in [1.165, 1.54) is 6.07 Å². The zero-order chi connectivity index (χ0) is 13.1. The molecule has 5 heteroatoms. The third kappa shape index (κ3) is 4.36. The van der Waals surface area contributed by atoms with Crippen molar-refractivity contribution in [2.24, 2.45) is 5.92 Å². The Morgan fingerprint density at radius 1 is 1.29 bits per heavy atom. The second-order valence-electron chi connectivity index (χ2n) is 4.72. The predicted octanol–water partition coefficient (Wildman–Crippen LogP) is 1.98. The summed E-state index contributed by atoms with van der Waals surface area (Å²) in [5.74, 6) is 0.452. The molecule has 0 aliphatic carbocycles. The van der Waals surface area contributed by atoms with Crippen molar-refractivity contribution in [2.75, 3.05) is 5.73 Å². The van der Waals surface area contributed by atoms with Gasteiger partial charge < -0.3 is 5.73 Å². The molecular weight excluding hydrogens is 236 g/mol. The first-order chi connectivity index (χ1) is 7.81. The summed E-state index contributed by atoms with van der Waals surface area (Å²) in [4.78, 5) is 0.216. The normalized spacial score (nSPS) is 13.9. The quantitative estimate of drug-likeness (QED) is 0.791. The average molecular weight is 256 g/mol. The van der Waals surface area contributed by atoms with Crippen molar-refractivity contribution in [2.45, 2.75) is 38.1 Å². The maximum atomic E-state index is 12.0. The Kier molecular flexibility index (Phi) is 4.54. The lowest BCUT2D eigenvalue weighted by atomic mass is 10.1. The van der Waals surface area contributed by atoms with Crippen molar-refractivity contribution < 1.29 is 8.42 Å². The molecule has 0 amide bonds. The Balaban J connectivity index is 2.82. The molecular formula is C12H20N2O2S. The van der Waals surface area contributed by atoms with Crippen LogP contribution in [0.2, 0.25) is 0 Å². The lowest BCUT2D eigenvalue weighted by molar-refractivity contribution is 0.482. The van der Waals surface area contributed by atoms with Gasteiger partial charge in [0.05, 0.1) is 4.90 Å². The number of nitrogens with one attached hydrogen (secondary N) is 1. The SMILES string of the molecule is CC(C)CC(C)NS(=O)(=O)c1cccc(N)c1. The van der Waals surface area contributed by atoms with Gasteiger partial charge in [0.1, 0.15) is 0 Å². The van der Waals surface area contributed by atoms with Gasteiger partial charge in [0.25, 0.3) is 0 Å². The van der Waals surface area contributed by atoms with Gasteiger partial charge in [0.2, 0.25) is 10.0 Å². The smallest absolute Gasteiger partial charge is 0.240 e. The van der Waals surface area contributed by atoms with Crippen molar-refractivity contribution in [1.82, 2.24) is 4.72 Å². The first-order valence-electron chi connectivity index (χ1n) is 5.69. The van der Waals surface area contributed by atoms with Gasteiger partial charge in [-0.05, 0) is 37.5 Å². The van der Waals surface area contributed by atoms with Gasteiger partial charge in [0.15, 0.2) is 0 Å². The maximum Gasteiger partial charge on any atom is 0.240 e. The highest BCUT2D eigenvalue weighted by Gasteiger charge is 2.17. The fourth-order valence-corrected chi connectivity index (χ4v) is 3.08. The molecule has 0 saturated heterocycles. The summed E-state index contributed by atoms with van der Waals surface area (Å²) in [5.41, 5.74) is 6.02. The molecule has 0 radical (unpaired) electrons. The van der Waals surface area contributed by atoms with Gasteiger partial charge in [-0.2, -0.15) is 0 Å². The number of rotatable bonds is 5. The molecule has 1 aromatic carbocycles. The molecule has 1 aromatic rings. The molecule has 96 valence electrons. The Bertz CT molecular complexity index is 469. The second kappa shape index (κ2) is 5.51. The number of anilines is 1. The molecule has 0 fully saturated rings. The number of benzene rings is 1. The number of nitrogens with two attached hydrogens (primary N) is 1. The van der Waals surface area contributed by atoms with E-state index in [1.54, 1.807) is 18.2 Å². The Labute approximate surface area is 103 Å². The molecule has 3 N–H and O–H groups in total. The molecule has 0 spiro atoms. The summed E-state index contributed by atoms with van der Waals surface area (Å²) in [5, 5.41) is 0. The molecule has 1 atom stereocenters. The minimum atomic E-state index is -3.46. The van der Waals surface area contributed by atoms with Crippen LogP contribution in [0.1, 0.15) is 27.2 Å². The molecule has 17 heavy (non-hydrogen) atoms. The highest BCUT2D eigenvalue weighted by atomic mass is 32.2. The third-order valence-corrected chi connectivity index (χ3v) is 3.94. The van der Waals surface area contributed by atoms with Crippen LogP contribution < -0.4 is 10.5 Å².